The van der Waals surface area contributed by atoms with Crippen molar-refractivity contribution in [2.75, 3.05) is 6.61 Å². The van der Waals surface area contributed by atoms with Gasteiger partial charge in [-0.05, 0) is 103 Å². The highest BCUT2D eigenvalue weighted by Crippen LogP contribution is 2.35. The molecule has 1 aliphatic rings. The fraction of sp³-hybridized carbons (Fsp3) is 0.387. The van der Waals surface area contributed by atoms with Gasteiger partial charge in [-0.2, -0.15) is 0 Å². The fourth-order valence-electron chi connectivity index (χ4n) is 5.17. The molecule has 0 aliphatic heterocycles. The molecule has 0 heterocycles. The van der Waals surface area contributed by atoms with Crippen molar-refractivity contribution >= 4 is 6.29 Å². The van der Waals surface area contributed by atoms with Crippen LogP contribution in [0.2, 0.25) is 0 Å². The SMILES string of the molecule is Cc1cc(OCCC2(O)CCCCC2)cc(C)c1-c1cccc(COc2ccc(C=O)cc2)c1C. The number of carbonyl (C=O) groups is 1. The van der Waals surface area contributed by atoms with Gasteiger partial charge in [0, 0.05) is 12.0 Å². The van der Waals surface area contributed by atoms with E-state index >= 15 is 0 Å². The first kappa shape index (κ1) is 25.0. The number of rotatable bonds is 9. The number of benzene rings is 3. The monoisotopic (exact) mass is 472 g/mol. The Hall–Kier alpha value is -3.11. The fourth-order valence-corrected chi connectivity index (χ4v) is 5.17. The smallest absolute Gasteiger partial charge is 0.150 e. The van der Waals surface area contributed by atoms with Crippen LogP contribution in [0.4, 0.5) is 0 Å². The predicted octanol–water partition coefficient (Wildman–Crippen LogP) is 7.13. The van der Waals surface area contributed by atoms with Gasteiger partial charge in [0.25, 0.3) is 0 Å². The first-order valence-corrected chi connectivity index (χ1v) is 12.6. The van der Waals surface area contributed by atoms with Gasteiger partial charge in [-0.25, -0.2) is 0 Å². The highest BCUT2D eigenvalue weighted by molar-refractivity contribution is 5.76. The molecule has 0 atom stereocenters. The summed E-state index contributed by atoms with van der Waals surface area (Å²) in [4.78, 5) is 10.9. The molecule has 0 aromatic heterocycles. The Morgan fingerprint density at radius 1 is 0.886 bits per heavy atom. The van der Waals surface area contributed by atoms with Crippen molar-refractivity contribution < 1.29 is 19.4 Å². The summed E-state index contributed by atoms with van der Waals surface area (Å²) in [5.74, 6) is 1.60. The summed E-state index contributed by atoms with van der Waals surface area (Å²) in [6.07, 6.45) is 6.74. The first-order chi connectivity index (χ1) is 16.9. The van der Waals surface area contributed by atoms with Crippen LogP contribution in [0.15, 0.2) is 54.6 Å². The largest absolute Gasteiger partial charge is 0.493 e. The zero-order valence-corrected chi connectivity index (χ0v) is 21.1. The second-order valence-corrected chi connectivity index (χ2v) is 9.88. The normalized spacial score (nSPS) is 15.0. The maximum Gasteiger partial charge on any atom is 0.150 e. The second kappa shape index (κ2) is 11.1. The molecule has 184 valence electrons. The van der Waals surface area contributed by atoms with E-state index in [1.165, 1.54) is 34.2 Å². The summed E-state index contributed by atoms with van der Waals surface area (Å²) in [6.45, 7) is 7.39. The molecular weight excluding hydrogens is 436 g/mol. The van der Waals surface area contributed by atoms with Crippen molar-refractivity contribution in [3.63, 3.8) is 0 Å². The molecule has 1 saturated carbocycles. The van der Waals surface area contributed by atoms with E-state index < -0.39 is 5.60 Å². The minimum atomic E-state index is -0.557. The van der Waals surface area contributed by atoms with Gasteiger partial charge < -0.3 is 14.6 Å². The van der Waals surface area contributed by atoms with Gasteiger partial charge in [-0.3, -0.25) is 4.79 Å². The maximum atomic E-state index is 10.9. The third-order valence-electron chi connectivity index (χ3n) is 7.25. The lowest BCUT2D eigenvalue weighted by molar-refractivity contribution is -0.0136. The van der Waals surface area contributed by atoms with Crippen LogP contribution in [0.3, 0.4) is 0 Å². The minimum absolute atomic E-state index is 0.461. The van der Waals surface area contributed by atoms with E-state index in [0.29, 0.717) is 25.2 Å². The topological polar surface area (TPSA) is 55.8 Å². The summed E-state index contributed by atoms with van der Waals surface area (Å²) >= 11 is 0. The van der Waals surface area contributed by atoms with Crippen LogP contribution in [0.5, 0.6) is 11.5 Å². The third-order valence-corrected chi connectivity index (χ3v) is 7.25. The van der Waals surface area contributed by atoms with E-state index in [1.54, 1.807) is 12.1 Å². The van der Waals surface area contributed by atoms with Gasteiger partial charge in [0.05, 0.1) is 12.2 Å². The first-order valence-electron chi connectivity index (χ1n) is 12.6. The zero-order chi connectivity index (χ0) is 24.8. The Morgan fingerprint density at radius 3 is 2.23 bits per heavy atom. The molecule has 3 aromatic carbocycles. The molecule has 0 spiro atoms. The van der Waals surface area contributed by atoms with Crippen molar-refractivity contribution in [3.8, 4) is 22.6 Å². The second-order valence-electron chi connectivity index (χ2n) is 9.88. The van der Waals surface area contributed by atoms with Gasteiger partial charge >= 0.3 is 0 Å². The Balaban J connectivity index is 1.46. The van der Waals surface area contributed by atoms with Crippen LogP contribution in [0.25, 0.3) is 11.1 Å². The molecule has 1 aliphatic carbocycles. The van der Waals surface area contributed by atoms with Gasteiger partial charge in [-0.1, -0.05) is 37.5 Å². The summed E-state index contributed by atoms with van der Waals surface area (Å²) in [7, 11) is 0. The summed E-state index contributed by atoms with van der Waals surface area (Å²) < 4.78 is 12.1. The summed E-state index contributed by atoms with van der Waals surface area (Å²) in [5.41, 5.74) is 7.15. The number of aldehydes is 1. The molecule has 35 heavy (non-hydrogen) atoms. The molecule has 0 radical (unpaired) electrons. The highest BCUT2D eigenvalue weighted by atomic mass is 16.5. The van der Waals surface area contributed by atoms with E-state index in [9.17, 15) is 9.90 Å². The Labute approximate surface area is 208 Å². The van der Waals surface area contributed by atoms with Gasteiger partial charge in [0.15, 0.2) is 0 Å². The maximum absolute atomic E-state index is 10.9. The van der Waals surface area contributed by atoms with Crippen LogP contribution in [-0.2, 0) is 6.61 Å². The molecule has 0 bridgehead atoms. The highest BCUT2D eigenvalue weighted by Gasteiger charge is 2.28. The molecule has 4 heteroatoms. The molecule has 4 rings (SSSR count). The van der Waals surface area contributed by atoms with Crippen LogP contribution in [0.1, 0.15) is 71.1 Å². The Morgan fingerprint density at radius 2 is 1.57 bits per heavy atom. The molecule has 1 fully saturated rings. The Bertz CT molecular complexity index is 1130. The molecule has 4 nitrogen and oxygen atoms in total. The zero-order valence-electron chi connectivity index (χ0n) is 21.1. The predicted molar refractivity (Wildman–Crippen MR) is 140 cm³/mol. The molecule has 0 unspecified atom stereocenters. The number of ether oxygens (including phenoxy) is 2. The van der Waals surface area contributed by atoms with Gasteiger partial charge in [-0.15, -0.1) is 0 Å². The van der Waals surface area contributed by atoms with E-state index in [2.05, 4.69) is 51.1 Å². The van der Waals surface area contributed by atoms with E-state index in [1.807, 2.05) is 12.1 Å². The molecule has 1 N–H and O–H groups in total. The summed E-state index contributed by atoms with van der Waals surface area (Å²) in [5, 5.41) is 10.7. The average molecular weight is 473 g/mol. The van der Waals surface area contributed by atoms with Crippen molar-refractivity contribution in [3.05, 3.63) is 82.4 Å². The van der Waals surface area contributed by atoms with Crippen molar-refractivity contribution in [2.24, 2.45) is 0 Å². The lowest BCUT2D eigenvalue weighted by Crippen LogP contribution is -2.33. The number of carbonyl (C=O) groups excluding carboxylic acids is 1. The quantitative estimate of drug-likeness (QED) is 0.336. The van der Waals surface area contributed by atoms with E-state index in [4.69, 9.17) is 9.47 Å². The van der Waals surface area contributed by atoms with E-state index in [-0.39, 0.29) is 0 Å². The van der Waals surface area contributed by atoms with Crippen LogP contribution < -0.4 is 9.47 Å². The van der Waals surface area contributed by atoms with Crippen molar-refractivity contribution in [1.82, 2.24) is 0 Å². The summed E-state index contributed by atoms with van der Waals surface area (Å²) in [6, 6.07) is 17.7. The van der Waals surface area contributed by atoms with Gasteiger partial charge in [0.2, 0.25) is 0 Å². The van der Waals surface area contributed by atoms with Crippen molar-refractivity contribution in [2.45, 2.75) is 71.5 Å². The number of hydrogen-bond acceptors (Lipinski definition) is 4. The number of aryl methyl sites for hydroxylation is 2. The average Bonchev–Trinajstić information content (AvgIpc) is 2.84. The van der Waals surface area contributed by atoms with Crippen LogP contribution in [0, 0.1) is 20.8 Å². The number of hydrogen-bond donors (Lipinski definition) is 1. The molecule has 3 aromatic rings. The lowest BCUT2D eigenvalue weighted by atomic mass is 9.83. The van der Waals surface area contributed by atoms with Crippen LogP contribution in [-0.4, -0.2) is 23.6 Å². The van der Waals surface area contributed by atoms with E-state index in [0.717, 1.165) is 49.0 Å². The lowest BCUT2D eigenvalue weighted by Gasteiger charge is -2.31. The van der Waals surface area contributed by atoms with Crippen molar-refractivity contribution in [1.29, 1.82) is 0 Å². The van der Waals surface area contributed by atoms with Gasteiger partial charge in [0.1, 0.15) is 24.4 Å². The van der Waals surface area contributed by atoms with Crippen LogP contribution >= 0.6 is 0 Å². The molecular formula is C31H36O4. The standard InChI is InChI=1S/C31H36O4/c1-22-18-28(34-17-16-31(33)14-5-4-6-15-31)19-23(2)30(22)29-9-7-8-26(24(29)3)21-35-27-12-10-25(20-32)11-13-27/h7-13,18-20,33H,4-6,14-17,21H2,1-3H3. The third kappa shape index (κ3) is 6.12. The Kier molecular flexibility index (Phi) is 7.92. The molecule has 0 amide bonds. The molecule has 0 saturated heterocycles. The number of aliphatic hydroxyl groups is 1. The minimum Gasteiger partial charge on any atom is -0.493 e.